The third-order valence-electron chi connectivity index (χ3n) is 3.28. The van der Waals surface area contributed by atoms with E-state index in [0.29, 0.717) is 13.1 Å². The Bertz CT molecular complexity index is 448. The molecule has 0 saturated carbocycles. The number of aryl methyl sites for hydroxylation is 1. The van der Waals surface area contributed by atoms with Crippen molar-refractivity contribution < 1.29 is 4.79 Å². The minimum absolute atomic E-state index is 0.112. The molecule has 0 spiro atoms. The molecule has 1 unspecified atom stereocenters. The number of nitrogens with one attached hydrogen (secondary N) is 1. The molecule has 0 radical (unpaired) electrons. The van der Waals surface area contributed by atoms with Gasteiger partial charge in [-0.05, 0) is 13.0 Å². The van der Waals surface area contributed by atoms with Gasteiger partial charge in [0.05, 0.1) is 5.69 Å². The maximum absolute atomic E-state index is 12.2. The van der Waals surface area contributed by atoms with Gasteiger partial charge in [0.2, 0.25) is 5.91 Å². The molecule has 1 aliphatic rings. The van der Waals surface area contributed by atoms with Gasteiger partial charge in [-0.3, -0.25) is 9.69 Å². The van der Waals surface area contributed by atoms with Crippen molar-refractivity contribution in [3.63, 3.8) is 0 Å². The Morgan fingerprint density at radius 3 is 3.05 bits per heavy atom. The van der Waals surface area contributed by atoms with E-state index in [1.165, 1.54) is 0 Å². The number of hydrogen-bond acceptors (Lipinski definition) is 5. The van der Waals surface area contributed by atoms with Gasteiger partial charge in [0, 0.05) is 46.5 Å². The van der Waals surface area contributed by atoms with Crippen LogP contribution in [0.3, 0.4) is 0 Å². The SMILES string of the molecule is Cc1nccc(CN2CCNCC2C(=O)N(C)C)n1. The molecule has 2 rings (SSSR count). The number of carbonyl (C=O) groups excluding carboxylic acids is 1. The lowest BCUT2D eigenvalue weighted by atomic mass is 10.1. The van der Waals surface area contributed by atoms with Crippen LogP contribution in [-0.4, -0.2) is 65.4 Å². The van der Waals surface area contributed by atoms with Gasteiger partial charge in [-0.25, -0.2) is 9.97 Å². The number of hydrogen-bond donors (Lipinski definition) is 1. The molecule has 1 aromatic rings. The molecule has 0 bridgehead atoms. The zero-order chi connectivity index (χ0) is 13.8. The number of rotatable bonds is 3. The lowest BCUT2D eigenvalue weighted by Gasteiger charge is -2.36. The zero-order valence-electron chi connectivity index (χ0n) is 11.8. The van der Waals surface area contributed by atoms with Crippen molar-refractivity contribution in [1.82, 2.24) is 25.1 Å². The van der Waals surface area contributed by atoms with E-state index < -0.39 is 0 Å². The van der Waals surface area contributed by atoms with Crippen molar-refractivity contribution in [2.75, 3.05) is 33.7 Å². The smallest absolute Gasteiger partial charge is 0.240 e. The maximum Gasteiger partial charge on any atom is 0.240 e. The summed E-state index contributed by atoms with van der Waals surface area (Å²) < 4.78 is 0. The number of amides is 1. The van der Waals surface area contributed by atoms with Gasteiger partial charge < -0.3 is 10.2 Å². The topological polar surface area (TPSA) is 61.4 Å². The van der Waals surface area contributed by atoms with Crippen LogP contribution in [0, 0.1) is 6.92 Å². The third-order valence-corrected chi connectivity index (χ3v) is 3.28. The number of likely N-dealkylation sites (N-methyl/N-ethyl adjacent to an activating group) is 1. The molecule has 6 heteroatoms. The van der Waals surface area contributed by atoms with Crippen molar-refractivity contribution in [3.8, 4) is 0 Å². The summed E-state index contributed by atoms with van der Waals surface area (Å²) in [6, 6.07) is 1.80. The van der Waals surface area contributed by atoms with Gasteiger partial charge in [-0.1, -0.05) is 0 Å². The molecule has 0 aromatic carbocycles. The van der Waals surface area contributed by atoms with Crippen LogP contribution in [0.4, 0.5) is 0 Å². The van der Waals surface area contributed by atoms with E-state index in [0.717, 1.165) is 24.6 Å². The molecule has 0 aliphatic carbocycles. The quantitative estimate of drug-likeness (QED) is 0.807. The lowest BCUT2D eigenvalue weighted by Crippen LogP contribution is -2.57. The summed E-state index contributed by atoms with van der Waals surface area (Å²) >= 11 is 0. The van der Waals surface area contributed by atoms with Crippen LogP contribution in [0.2, 0.25) is 0 Å². The first-order valence-corrected chi connectivity index (χ1v) is 6.52. The van der Waals surface area contributed by atoms with Crippen LogP contribution >= 0.6 is 0 Å². The van der Waals surface area contributed by atoms with Crippen molar-refractivity contribution in [2.45, 2.75) is 19.5 Å². The van der Waals surface area contributed by atoms with Gasteiger partial charge in [-0.15, -0.1) is 0 Å². The Morgan fingerprint density at radius 2 is 2.37 bits per heavy atom. The van der Waals surface area contributed by atoms with Crippen LogP contribution in [0.5, 0.6) is 0 Å². The van der Waals surface area contributed by atoms with Crippen molar-refractivity contribution >= 4 is 5.91 Å². The van der Waals surface area contributed by atoms with E-state index in [2.05, 4.69) is 20.2 Å². The van der Waals surface area contributed by atoms with E-state index in [1.54, 1.807) is 25.2 Å². The van der Waals surface area contributed by atoms with E-state index in [9.17, 15) is 4.79 Å². The number of nitrogens with zero attached hydrogens (tertiary/aromatic N) is 4. The first-order valence-electron chi connectivity index (χ1n) is 6.52. The summed E-state index contributed by atoms with van der Waals surface area (Å²) in [6.07, 6.45) is 1.77. The minimum atomic E-state index is -0.112. The molecule has 1 amide bonds. The van der Waals surface area contributed by atoms with Gasteiger partial charge in [0.25, 0.3) is 0 Å². The summed E-state index contributed by atoms with van der Waals surface area (Å²) in [6.45, 7) is 5.02. The molecule has 1 aromatic heterocycles. The lowest BCUT2D eigenvalue weighted by molar-refractivity contribution is -0.135. The van der Waals surface area contributed by atoms with Crippen LogP contribution in [0.15, 0.2) is 12.3 Å². The Labute approximate surface area is 113 Å². The fraction of sp³-hybridized carbons (Fsp3) is 0.615. The summed E-state index contributed by atoms with van der Waals surface area (Å²) in [5.74, 6) is 0.904. The van der Waals surface area contributed by atoms with Crippen LogP contribution in [-0.2, 0) is 11.3 Å². The van der Waals surface area contributed by atoms with Crippen molar-refractivity contribution in [3.05, 3.63) is 23.8 Å². The highest BCUT2D eigenvalue weighted by molar-refractivity contribution is 5.81. The normalized spacial score (nSPS) is 20.3. The number of piperazine rings is 1. The van der Waals surface area contributed by atoms with Crippen LogP contribution in [0.1, 0.15) is 11.5 Å². The van der Waals surface area contributed by atoms with Gasteiger partial charge in [-0.2, -0.15) is 0 Å². The summed E-state index contributed by atoms with van der Waals surface area (Å²) in [7, 11) is 3.59. The van der Waals surface area contributed by atoms with Crippen molar-refractivity contribution in [2.24, 2.45) is 0 Å². The summed E-state index contributed by atoms with van der Waals surface area (Å²) in [4.78, 5) is 24.5. The van der Waals surface area contributed by atoms with Crippen molar-refractivity contribution in [1.29, 1.82) is 0 Å². The van der Waals surface area contributed by atoms with Crippen LogP contribution < -0.4 is 5.32 Å². The second kappa shape index (κ2) is 6.08. The molecule has 1 atom stereocenters. The maximum atomic E-state index is 12.2. The van der Waals surface area contributed by atoms with Gasteiger partial charge >= 0.3 is 0 Å². The Kier molecular flexibility index (Phi) is 4.44. The van der Waals surface area contributed by atoms with E-state index >= 15 is 0 Å². The molecule has 1 fully saturated rings. The Balaban J connectivity index is 2.09. The largest absolute Gasteiger partial charge is 0.347 e. The molecule has 104 valence electrons. The number of aromatic nitrogens is 2. The summed E-state index contributed by atoms with van der Waals surface area (Å²) in [5, 5.41) is 3.28. The average Bonchev–Trinajstić information content (AvgIpc) is 2.38. The highest BCUT2D eigenvalue weighted by atomic mass is 16.2. The fourth-order valence-electron chi connectivity index (χ4n) is 2.28. The second-order valence-corrected chi connectivity index (χ2v) is 5.02. The van der Waals surface area contributed by atoms with Gasteiger partial charge in [0.15, 0.2) is 0 Å². The Morgan fingerprint density at radius 1 is 1.58 bits per heavy atom. The predicted octanol–water partition coefficient (Wildman–Crippen LogP) is -0.353. The fourth-order valence-corrected chi connectivity index (χ4v) is 2.28. The van der Waals surface area contributed by atoms with Crippen LogP contribution in [0.25, 0.3) is 0 Å². The first-order chi connectivity index (χ1) is 9.08. The minimum Gasteiger partial charge on any atom is -0.347 e. The molecular weight excluding hydrogens is 242 g/mol. The molecule has 6 nitrogen and oxygen atoms in total. The van der Waals surface area contributed by atoms with E-state index in [-0.39, 0.29) is 11.9 Å². The standard InChI is InChI=1S/C13H21N5O/c1-10-15-5-4-11(16-10)9-18-7-6-14-8-12(18)13(19)17(2)3/h4-5,12,14H,6-9H2,1-3H3. The average molecular weight is 263 g/mol. The zero-order valence-corrected chi connectivity index (χ0v) is 11.8. The molecule has 1 aliphatic heterocycles. The van der Waals surface area contributed by atoms with Gasteiger partial charge in [0.1, 0.15) is 11.9 Å². The van der Waals surface area contributed by atoms with E-state index in [1.807, 2.05) is 13.0 Å². The molecule has 19 heavy (non-hydrogen) atoms. The molecule has 1 N–H and O–H groups in total. The number of carbonyl (C=O) groups is 1. The molecule has 2 heterocycles. The highest BCUT2D eigenvalue weighted by Crippen LogP contribution is 2.10. The second-order valence-electron chi connectivity index (χ2n) is 5.02. The monoisotopic (exact) mass is 263 g/mol. The third kappa shape index (κ3) is 3.48. The Hall–Kier alpha value is -1.53. The molecule has 1 saturated heterocycles. The predicted molar refractivity (Wildman–Crippen MR) is 72.5 cm³/mol. The van der Waals surface area contributed by atoms with E-state index in [4.69, 9.17) is 0 Å². The molecular formula is C13H21N5O. The summed E-state index contributed by atoms with van der Waals surface area (Å²) in [5.41, 5.74) is 0.964. The first kappa shape index (κ1) is 13.9. The highest BCUT2D eigenvalue weighted by Gasteiger charge is 2.29.